The van der Waals surface area contributed by atoms with Crippen LogP contribution < -0.4 is 10.1 Å². The third kappa shape index (κ3) is 4.02. The Balaban J connectivity index is 1.64. The van der Waals surface area contributed by atoms with Gasteiger partial charge in [0.1, 0.15) is 6.10 Å². The molecular weight excluding hydrogens is 316 g/mol. The number of pyridine rings is 1. The van der Waals surface area contributed by atoms with E-state index in [1.54, 1.807) is 7.11 Å². The Kier molecular flexibility index (Phi) is 5.71. The maximum Gasteiger partial charge on any atom is 0.213 e. The van der Waals surface area contributed by atoms with Crippen LogP contribution in [0.2, 0.25) is 0 Å². The molecule has 2 aromatic rings. The van der Waals surface area contributed by atoms with Crippen molar-refractivity contribution in [1.29, 1.82) is 0 Å². The first-order chi connectivity index (χ1) is 12.1. The van der Waals surface area contributed by atoms with Crippen molar-refractivity contribution in [2.75, 3.05) is 20.3 Å². The van der Waals surface area contributed by atoms with Gasteiger partial charge in [0.25, 0.3) is 0 Å². The molecule has 0 radical (unpaired) electrons. The molecule has 1 fully saturated rings. The number of nitrogens with one attached hydrogen (secondary N) is 1. The number of ether oxygens (including phenoxy) is 2. The van der Waals surface area contributed by atoms with Gasteiger partial charge in [-0.25, -0.2) is 4.98 Å². The number of rotatable bonds is 6. The van der Waals surface area contributed by atoms with E-state index in [1.807, 2.05) is 30.9 Å². The Hall–Kier alpha value is -1.92. The molecule has 0 unspecified atom stereocenters. The summed E-state index contributed by atoms with van der Waals surface area (Å²) < 4.78 is 13.2. The molecule has 0 aliphatic carbocycles. The van der Waals surface area contributed by atoms with Crippen molar-refractivity contribution >= 4 is 0 Å². The van der Waals surface area contributed by atoms with Crippen LogP contribution in [0.1, 0.15) is 41.5 Å². The summed E-state index contributed by atoms with van der Waals surface area (Å²) >= 11 is 0. The lowest BCUT2D eigenvalue weighted by atomic mass is 9.92. The number of nitrogens with zero attached hydrogens (tertiary/aromatic N) is 3. The molecule has 1 aliphatic rings. The van der Waals surface area contributed by atoms with Gasteiger partial charge in [-0.15, -0.1) is 0 Å². The van der Waals surface area contributed by atoms with Crippen molar-refractivity contribution < 1.29 is 9.47 Å². The fraction of sp³-hybridized carbons (Fsp3) is 0.579. The molecule has 1 saturated heterocycles. The van der Waals surface area contributed by atoms with Crippen molar-refractivity contribution in [3.8, 4) is 5.88 Å². The van der Waals surface area contributed by atoms with Gasteiger partial charge in [-0.05, 0) is 43.9 Å². The van der Waals surface area contributed by atoms with Gasteiger partial charge in [0.15, 0.2) is 0 Å². The Morgan fingerprint density at radius 3 is 2.92 bits per heavy atom. The smallest absolute Gasteiger partial charge is 0.213 e. The molecule has 1 aliphatic heterocycles. The molecule has 2 atom stereocenters. The first-order valence-corrected chi connectivity index (χ1v) is 8.91. The molecule has 0 spiro atoms. The monoisotopic (exact) mass is 344 g/mol. The highest BCUT2D eigenvalue weighted by atomic mass is 16.5. The van der Waals surface area contributed by atoms with Crippen LogP contribution in [0.25, 0.3) is 0 Å². The highest BCUT2D eigenvalue weighted by Gasteiger charge is 2.29. The normalized spacial score (nSPS) is 20.6. The van der Waals surface area contributed by atoms with E-state index in [-0.39, 0.29) is 6.10 Å². The quantitative estimate of drug-likeness (QED) is 0.873. The van der Waals surface area contributed by atoms with Crippen molar-refractivity contribution in [1.82, 2.24) is 20.1 Å². The fourth-order valence-corrected chi connectivity index (χ4v) is 3.62. The predicted molar refractivity (Wildman–Crippen MR) is 96.6 cm³/mol. The number of hydrogen-bond acceptors (Lipinski definition) is 5. The predicted octanol–water partition coefficient (Wildman–Crippen LogP) is 2.70. The zero-order chi connectivity index (χ0) is 17.8. The van der Waals surface area contributed by atoms with Crippen LogP contribution >= 0.6 is 0 Å². The second-order valence-corrected chi connectivity index (χ2v) is 6.75. The molecule has 25 heavy (non-hydrogen) atoms. The standard InChI is InChI=1S/C19H28N4O2/c1-13-10-18(24-4)22-14(2)16(13)12-20-11-15-6-5-9-25-19(15)17-7-8-21-23(17)3/h7-8,10,15,19-20H,5-6,9,11-12H2,1-4H3/t15-,19+/m0/s1. The number of hydrogen-bond donors (Lipinski definition) is 1. The molecule has 3 rings (SSSR count). The van der Waals surface area contributed by atoms with E-state index in [0.717, 1.165) is 37.5 Å². The Morgan fingerprint density at radius 2 is 2.24 bits per heavy atom. The summed E-state index contributed by atoms with van der Waals surface area (Å²) in [4.78, 5) is 4.49. The van der Waals surface area contributed by atoms with E-state index in [1.165, 1.54) is 17.5 Å². The average Bonchev–Trinajstić information content (AvgIpc) is 3.03. The van der Waals surface area contributed by atoms with Crippen LogP contribution in [-0.2, 0) is 18.3 Å². The molecule has 0 bridgehead atoms. The van der Waals surface area contributed by atoms with Gasteiger partial charge in [0.2, 0.25) is 5.88 Å². The second-order valence-electron chi connectivity index (χ2n) is 6.75. The molecule has 0 aromatic carbocycles. The Morgan fingerprint density at radius 1 is 1.40 bits per heavy atom. The van der Waals surface area contributed by atoms with Gasteiger partial charge < -0.3 is 14.8 Å². The molecule has 0 amide bonds. The van der Waals surface area contributed by atoms with Crippen molar-refractivity contribution in [2.45, 2.75) is 39.3 Å². The van der Waals surface area contributed by atoms with E-state index in [4.69, 9.17) is 9.47 Å². The number of methoxy groups -OCH3 is 1. The summed E-state index contributed by atoms with van der Waals surface area (Å²) in [6.45, 7) is 6.70. The van der Waals surface area contributed by atoms with Gasteiger partial charge in [-0.3, -0.25) is 4.68 Å². The van der Waals surface area contributed by atoms with Crippen LogP contribution in [0.15, 0.2) is 18.3 Å². The SMILES string of the molecule is COc1cc(C)c(CNC[C@@H]2CCCO[C@H]2c2ccnn2C)c(C)n1. The summed E-state index contributed by atoms with van der Waals surface area (Å²) in [7, 11) is 3.63. The molecule has 0 saturated carbocycles. The summed E-state index contributed by atoms with van der Waals surface area (Å²) in [6, 6.07) is 4.05. The molecule has 1 N–H and O–H groups in total. The fourth-order valence-electron chi connectivity index (χ4n) is 3.62. The van der Waals surface area contributed by atoms with E-state index < -0.39 is 0 Å². The van der Waals surface area contributed by atoms with E-state index in [0.29, 0.717) is 11.8 Å². The first-order valence-electron chi connectivity index (χ1n) is 8.91. The average molecular weight is 344 g/mol. The second kappa shape index (κ2) is 7.97. The highest BCUT2D eigenvalue weighted by molar-refractivity contribution is 5.33. The van der Waals surface area contributed by atoms with Crippen molar-refractivity contribution in [2.24, 2.45) is 13.0 Å². The van der Waals surface area contributed by atoms with Gasteiger partial charge >= 0.3 is 0 Å². The lowest BCUT2D eigenvalue weighted by Gasteiger charge is -2.32. The minimum Gasteiger partial charge on any atom is -0.481 e. The number of aryl methyl sites for hydroxylation is 3. The summed E-state index contributed by atoms with van der Waals surface area (Å²) in [5.41, 5.74) is 4.63. The van der Waals surface area contributed by atoms with Gasteiger partial charge in [0, 0.05) is 50.6 Å². The zero-order valence-corrected chi connectivity index (χ0v) is 15.6. The molecule has 2 aromatic heterocycles. The molecule has 6 nitrogen and oxygen atoms in total. The maximum atomic E-state index is 6.07. The van der Waals surface area contributed by atoms with Crippen molar-refractivity contribution in [3.63, 3.8) is 0 Å². The lowest BCUT2D eigenvalue weighted by Crippen LogP contribution is -2.33. The first kappa shape index (κ1) is 17.9. The van der Waals surface area contributed by atoms with E-state index in [2.05, 4.69) is 28.4 Å². The zero-order valence-electron chi connectivity index (χ0n) is 15.6. The van der Waals surface area contributed by atoms with Crippen LogP contribution in [0.5, 0.6) is 5.88 Å². The van der Waals surface area contributed by atoms with E-state index in [9.17, 15) is 0 Å². The van der Waals surface area contributed by atoms with Crippen LogP contribution in [0.4, 0.5) is 0 Å². The Bertz CT molecular complexity index is 690. The largest absolute Gasteiger partial charge is 0.481 e. The van der Waals surface area contributed by atoms with Crippen LogP contribution in [0.3, 0.4) is 0 Å². The maximum absolute atomic E-state index is 6.07. The lowest BCUT2D eigenvalue weighted by molar-refractivity contribution is -0.0323. The molecule has 6 heteroatoms. The van der Waals surface area contributed by atoms with E-state index >= 15 is 0 Å². The van der Waals surface area contributed by atoms with Gasteiger partial charge in [0.05, 0.1) is 12.8 Å². The summed E-state index contributed by atoms with van der Waals surface area (Å²) in [6.07, 6.45) is 4.24. The van der Waals surface area contributed by atoms with Crippen molar-refractivity contribution in [3.05, 3.63) is 40.8 Å². The third-order valence-corrected chi connectivity index (χ3v) is 5.04. The van der Waals surface area contributed by atoms with Gasteiger partial charge in [-0.2, -0.15) is 5.10 Å². The summed E-state index contributed by atoms with van der Waals surface area (Å²) in [5.74, 6) is 1.13. The van der Waals surface area contributed by atoms with Crippen LogP contribution in [0, 0.1) is 19.8 Å². The number of aromatic nitrogens is 3. The summed E-state index contributed by atoms with van der Waals surface area (Å²) in [5, 5.41) is 7.90. The Labute approximate surface area is 149 Å². The highest BCUT2D eigenvalue weighted by Crippen LogP contribution is 2.33. The van der Waals surface area contributed by atoms with Gasteiger partial charge in [-0.1, -0.05) is 0 Å². The van der Waals surface area contributed by atoms with Crippen LogP contribution in [-0.4, -0.2) is 35.0 Å². The molecule has 136 valence electrons. The molecular formula is C19H28N4O2. The topological polar surface area (TPSA) is 61.2 Å². The third-order valence-electron chi connectivity index (χ3n) is 5.04. The minimum atomic E-state index is 0.116. The molecule has 3 heterocycles. The minimum absolute atomic E-state index is 0.116.